The number of pyridine rings is 1. The maximum Gasteiger partial charge on any atom is 0.253 e. The maximum absolute atomic E-state index is 12.8. The number of hydrogen-bond donors (Lipinski definition) is 2. The number of carbonyl (C=O) groups excluding carboxylic acids is 2. The molecule has 7 nitrogen and oxygen atoms in total. The third kappa shape index (κ3) is 5.58. The Labute approximate surface area is 188 Å². The van der Waals surface area contributed by atoms with Crippen molar-refractivity contribution in [1.29, 1.82) is 0 Å². The summed E-state index contributed by atoms with van der Waals surface area (Å²) in [7, 11) is 0. The number of nitrogens with zero attached hydrogens (tertiary/aromatic N) is 2. The van der Waals surface area contributed by atoms with Crippen LogP contribution in [-0.2, 0) is 17.9 Å². The second kappa shape index (κ2) is 10.5. The number of amides is 2. The maximum atomic E-state index is 12.8. The van der Waals surface area contributed by atoms with Crippen molar-refractivity contribution >= 4 is 17.5 Å². The van der Waals surface area contributed by atoms with Gasteiger partial charge < -0.3 is 20.1 Å². The molecule has 1 saturated carbocycles. The summed E-state index contributed by atoms with van der Waals surface area (Å²) in [5.74, 6) is -0.446. The quantitative estimate of drug-likeness (QED) is 0.699. The summed E-state index contributed by atoms with van der Waals surface area (Å²) >= 11 is 0. The lowest BCUT2D eigenvalue weighted by Gasteiger charge is -2.23. The van der Waals surface area contributed by atoms with E-state index in [1.807, 2.05) is 18.2 Å². The molecule has 2 amide bonds. The van der Waals surface area contributed by atoms with Crippen LogP contribution in [0.25, 0.3) is 0 Å². The SMILES string of the molecule is O=C(Cn1cc(C(=O)NCc2ccccc2N2CCCC2)ccc1=O)NC1CCCCC1. The summed E-state index contributed by atoms with van der Waals surface area (Å²) < 4.78 is 1.31. The minimum absolute atomic E-state index is 0.0752. The van der Waals surface area contributed by atoms with E-state index in [1.54, 1.807) is 0 Å². The highest BCUT2D eigenvalue weighted by Crippen LogP contribution is 2.24. The van der Waals surface area contributed by atoms with Crippen LogP contribution in [0.3, 0.4) is 0 Å². The van der Waals surface area contributed by atoms with E-state index in [2.05, 4.69) is 21.6 Å². The first-order valence-corrected chi connectivity index (χ1v) is 11.7. The number of hydrogen-bond acceptors (Lipinski definition) is 4. The molecule has 0 spiro atoms. The zero-order chi connectivity index (χ0) is 22.3. The molecule has 32 heavy (non-hydrogen) atoms. The predicted molar refractivity (Wildman–Crippen MR) is 125 cm³/mol. The van der Waals surface area contributed by atoms with Crippen LogP contribution in [0.15, 0.2) is 47.4 Å². The van der Waals surface area contributed by atoms with Gasteiger partial charge in [-0.1, -0.05) is 37.5 Å². The fourth-order valence-electron chi connectivity index (χ4n) is 4.67. The molecule has 2 heterocycles. The minimum atomic E-state index is -0.292. The van der Waals surface area contributed by atoms with Gasteiger partial charge >= 0.3 is 0 Å². The fourth-order valence-corrected chi connectivity index (χ4v) is 4.67. The van der Waals surface area contributed by atoms with Crippen molar-refractivity contribution in [1.82, 2.24) is 15.2 Å². The molecule has 2 aromatic rings. The topological polar surface area (TPSA) is 83.4 Å². The Bertz CT molecular complexity index is 1000. The molecule has 1 aromatic heterocycles. The van der Waals surface area contributed by atoms with Gasteiger partial charge in [0.2, 0.25) is 5.91 Å². The highest BCUT2D eigenvalue weighted by atomic mass is 16.2. The van der Waals surface area contributed by atoms with Crippen molar-refractivity contribution < 1.29 is 9.59 Å². The van der Waals surface area contributed by atoms with Gasteiger partial charge in [-0.05, 0) is 43.4 Å². The molecule has 1 saturated heterocycles. The lowest BCUT2D eigenvalue weighted by Crippen LogP contribution is -2.40. The molecule has 4 rings (SSSR count). The van der Waals surface area contributed by atoms with Crippen molar-refractivity contribution in [2.24, 2.45) is 0 Å². The van der Waals surface area contributed by atoms with E-state index >= 15 is 0 Å². The van der Waals surface area contributed by atoms with Gasteiger partial charge in [0.1, 0.15) is 6.54 Å². The molecule has 0 atom stereocenters. The average molecular weight is 437 g/mol. The van der Waals surface area contributed by atoms with Gasteiger partial charge in [-0.2, -0.15) is 0 Å². The molecule has 2 fully saturated rings. The van der Waals surface area contributed by atoms with E-state index in [0.29, 0.717) is 12.1 Å². The Balaban J connectivity index is 1.38. The number of para-hydroxylation sites is 1. The smallest absolute Gasteiger partial charge is 0.253 e. The molecule has 1 aliphatic carbocycles. The summed E-state index contributed by atoms with van der Waals surface area (Å²) in [6.07, 6.45) is 9.30. The number of rotatable bonds is 7. The van der Waals surface area contributed by atoms with Gasteiger partial charge in [0.25, 0.3) is 11.5 Å². The second-order valence-electron chi connectivity index (χ2n) is 8.79. The predicted octanol–water partition coefficient (Wildman–Crippen LogP) is 2.83. The molecule has 1 aromatic carbocycles. The Morgan fingerprint density at radius 2 is 1.69 bits per heavy atom. The van der Waals surface area contributed by atoms with Gasteiger partial charge in [-0.25, -0.2) is 0 Å². The third-order valence-electron chi connectivity index (χ3n) is 6.41. The summed E-state index contributed by atoms with van der Waals surface area (Å²) in [6, 6.07) is 11.2. The standard InChI is InChI=1S/C25H32N4O3/c30-23(27-21-9-2-1-3-10-21)18-29-17-20(12-13-24(29)31)25(32)26-16-19-8-4-5-11-22(19)28-14-6-7-15-28/h4-5,8,11-13,17,21H,1-3,6-7,9-10,14-16,18H2,(H,26,32)(H,27,30). The molecule has 2 aliphatic rings. The summed E-state index contributed by atoms with van der Waals surface area (Å²) in [4.78, 5) is 39.8. The first-order valence-electron chi connectivity index (χ1n) is 11.7. The number of anilines is 1. The summed E-state index contributed by atoms with van der Waals surface area (Å²) in [5.41, 5.74) is 2.31. The zero-order valence-electron chi connectivity index (χ0n) is 18.5. The van der Waals surface area contributed by atoms with Crippen LogP contribution >= 0.6 is 0 Å². The van der Waals surface area contributed by atoms with Crippen LogP contribution < -0.4 is 21.1 Å². The van der Waals surface area contributed by atoms with Crippen molar-refractivity contribution in [2.45, 2.75) is 64.1 Å². The van der Waals surface area contributed by atoms with Crippen molar-refractivity contribution in [3.05, 3.63) is 64.1 Å². The van der Waals surface area contributed by atoms with Gasteiger partial charge in [0.15, 0.2) is 0 Å². The van der Waals surface area contributed by atoms with Gasteiger partial charge in [-0.15, -0.1) is 0 Å². The van der Waals surface area contributed by atoms with E-state index in [1.165, 1.54) is 42.2 Å². The largest absolute Gasteiger partial charge is 0.371 e. The zero-order valence-corrected chi connectivity index (χ0v) is 18.5. The van der Waals surface area contributed by atoms with Crippen molar-refractivity contribution in [3.63, 3.8) is 0 Å². The Hall–Kier alpha value is -3.09. The lowest BCUT2D eigenvalue weighted by atomic mass is 9.95. The molecular formula is C25H32N4O3. The number of benzene rings is 1. The molecular weight excluding hydrogens is 404 g/mol. The molecule has 0 radical (unpaired) electrons. The Morgan fingerprint density at radius 1 is 0.938 bits per heavy atom. The summed E-state index contributed by atoms with van der Waals surface area (Å²) in [6.45, 7) is 2.42. The fraction of sp³-hybridized carbons (Fsp3) is 0.480. The van der Waals surface area contributed by atoms with Gasteiger partial charge in [0, 0.05) is 43.6 Å². The molecule has 0 bridgehead atoms. The number of carbonyl (C=O) groups is 2. The van der Waals surface area contributed by atoms with E-state index < -0.39 is 0 Å². The van der Waals surface area contributed by atoms with Gasteiger partial charge in [-0.3, -0.25) is 14.4 Å². The van der Waals surface area contributed by atoms with Crippen molar-refractivity contribution in [2.75, 3.05) is 18.0 Å². The highest BCUT2D eigenvalue weighted by molar-refractivity contribution is 5.94. The van der Waals surface area contributed by atoms with Crippen molar-refractivity contribution in [3.8, 4) is 0 Å². The molecule has 7 heteroatoms. The van der Waals surface area contributed by atoms with Crippen LogP contribution in [-0.4, -0.2) is 35.5 Å². The first kappa shape index (κ1) is 22.1. The second-order valence-corrected chi connectivity index (χ2v) is 8.79. The van der Waals surface area contributed by atoms with E-state index in [4.69, 9.17) is 0 Å². The van der Waals surface area contributed by atoms with E-state index in [9.17, 15) is 14.4 Å². The monoisotopic (exact) mass is 436 g/mol. The first-order chi connectivity index (χ1) is 15.6. The number of nitrogens with one attached hydrogen (secondary N) is 2. The van der Waals surface area contributed by atoms with Gasteiger partial charge in [0.05, 0.1) is 5.56 Å². The van der Waals surface area contributed by atoms with Crippen LogP contribution in [0.4, 0.5) is 5.69 Å². The Morgan fingerprint density at radius 3 is 2.47 bits per heavy atom. The average Bonchev–Trinajstić information content (AvgIpc) is 3.34. The molecule has 170 valence electrons. The third-order valence-corrected chi connectivity index (χ3v) is 6.41. The molecule has 0 unspecified atom stereocenters. The van der Waals surface area contributed by atoms with E-state index in [-0.39, 0.29) is 30.0 Å². The van der Waals surface area contributed by atoms with Crippen LogP contribution in [0.5, 0.6) is 0 Å². The lowest BCUT2D eigenvalue weighted by molar-refractivity contribution is -0.122. The van der Waals surface area contributed by atoms with E-state index in [0.717, 1.165) is 50.0 Å². The molecule has 1 aliphatic heterocycles. The minimum Gasteiger partial charge on any atom is -0.371 e. The highest BCUT2D eigenvalue weighted by Gasteiger charge is 2.18. The summed E-state index contributed by atoms with van der Waals surface area (Å²) in [5, 5.41) is 5.98. The molecule has 2 N–H and O–H groups in total. The number of aromatic nitrogens is 1. The van der Waals surface area contributed by atoms with Crippen LogP contribution in [0, 0.1) is 0 Å². The normalized spacial score (nSPS) is 16.7. The van der Waals surface area contributed by atoms with Crippen LogP contribution in [0.2, 0.25) is 0 Å². The Kier molecular flexibility index (Phi) is 7.24. The van der Waals surface area contributed by atoms with Crippen LogP contribution in [0.1, 0.15) is 60.9 Å².